The third kappa shape index (κ3) is 3.94. The first-order chi connectivity index (χ1) is 14.0. The third-order valence-corrected chi connectivity index (χ3v) is 4.52. The fourth-order valence-corrected chi connectivity index (χ4v) is 3.02. The molecule has 0 aliphatic rings. The van der Waals surface area contributed by atoms with E-state index in [2.05, 4.69) is 4.98 Å². The van der Waals surface area contributed by atoms with Crippen molar-refractivity contribution in [2.24, 2.45) is 0 Å². The maximum atomic E-state index is 12.2. The summed E-state index contributed by atoms with van der Waals surface area (Å²) in [7, 11) is 5.59. The fourth-order valence-electron chi connectivity index (χ4n) is 3.02. The standard InChI is InChI=1S/C22H21NO6/c1-26-14-7-5-13(6-8-14)20-17(12-18(21(24)28-3)22(25)29-4)16-11-15(27-2)9-10-19(16)23-20/h5-12,23H,1-4H3. The van der Waals surface area contributed by atoms with Crippen LogP contribution in [-0.2, 0) is 19.1 Å². The second kappa shape index (κ2) is 8.52. The Morgan fingerprint density at radius 2 is 1.41 bits per heavy atom. The number of carbonyl (C=O) groups excluding carboxylic acids is 2. The van der Waals surface area contributed by atoms with Crippen molar-refractivity contribution in [1.29, 1.82) is 0 Å². The summed E-state index contributed by atoms with van der Waals surface area (Å²) in [6, 6.07) is 13.0. The Bertz CT molecular complexity index is 1060. The van der Waals surface area contributed by atoms with Crippen LogP contribution in [0.1, 0.15) is 5.56 Å². The highest BCUT2D eigenvalue weighted by Gasteiger charge is 2.22. The van der Waals surface area contributed by atoms with Crippen LogP contribution >= 0.6 is 0 Å². The number of H-pyrrole nitrogens is 1. The van der Waals surface area contributed by atoms with Crippen molar-refractivity contribution in [3.8, 4) is 22.8 Å². The smallest absolute Gasteiger partial charge is 0.345 e. The summed E-state index contributed by atoms with van der Waals surface area (Å²) >= 11 is 0. The van der Waals surface area contributed by atoms with Crippen LogP contribution in [0, 0.1) is 0 Å². The van der Waals surface area contributed by atoms with Crippen molar-refractivity contribution in [2.45, 2.75) is 0 Å². The maximum Gasteiger partial charge on any atom is 0.345 e. The highest BCUT2D eigenvalue weighted by molar-refractivity contribution is 6.19. The largest absolute Gasteiger partial charge is 0.497 e. The van der Waals surface area contributed by atoms with Gasteiger partial charge in [0.25, 0.3) is 0 Å². The van der Waals surface area contributed by atoms with Gasteiger partial charge in [-0.15, -0.1) is 0 Å². The van der Waals surface area contributed by atoms with Crippen molar-refractivity contribution in [3.63, 3.8) is 0 Å². The van der Waals surface area contributed by atoms with Gasteiger partial charge >= 0.3 is 11.9 Å². The van der Waals surface area contributed by atoms with E-state index in [1.165, 1.54) is 20.3 Å². The average Bonchev–Trinajstić information content (AvgIpc) is 3.13. The zero-order chi connectivity index (χ0) is 21.0. The van der Waals surface area contributed by atoms with E-state index >= 15 is 0 Å². The maximum absolute atomic E-state index is 12.2. The molecule has 0 aliphatic carbocycles. The molecule has 29 heavy (non-hydrogen) atoms. The van der Waals surface area contributed by atoms with Gasteiger partial charge in [-0.3, -0.25) is 0 Å². The van der Waals surface area contributed by atoms with Gasteiger partial charge in [-0.05, 0) is 54.1 Å². The molecule has 1 heterocycles. The number of fused-ring (bicyclic) bond motifs is 1. The lowest BCUT2D eigenvalue weighted by molar-refractivity contribution is -0.143. The van der Waals surface area contributed by atoms with E-state index in [0.717, 1.165) is 22.2 Å². The molecule has 0 unspecified atom stereocenters. The molecule has 0 aliphatic heterocycles. The topological polar surface area (TPSA) is 86.9 Å². The lowest BCUT2D eigenvalue weighted by Gasteiger charge is -2.07. The lowest BCUT2D eigenvalue weighted by Crippen LogP contribution is -2.15. The summed E-state index contributed by atoms with van der Waals surface area (Å²) in [4.78, 5) is 27.7. The van der Waals surface area contributed by atoms with E-state index < -0.39 is 11.9 Å². The zero-order valence-electron chi connectivity index (χ0n) is 16.6. The molecule has 0 bridgehead atoms. The van der Waals surface area contributed by atoms with E-state index in [1.807, 2.05) is 42.5 Å². The van der Waals surface area contributed by atoms with E-state index in [1.54, 1.807) is 14.2 Å². The number of nitrogens with one attached hydrogen (secondary N) is 1. The molecule has 150 valence electrons. The molecule has 0 spiro atoms. The summed E-state index contributed by atoms with van der Waals surface area (Å²) in [6.07, 6.45) is 1.47. The van der Waals surface area contributed by atoms with Crippen LogP contribution in [0.4, 0.5) is 0 Å². The molecule has 0 saturated heterocycles. The molecule has 3 aromatic rings. The molecule has 7 heteroatoms. The van der Waals surface area contributed by atoms with Gasteiger partial charge in [-0.1, -0.05) is 0 Å². The van der Waals surface area contributed by atoms with Gasteiger partial charge in [-0.25, -0.2) is 9.59 Å². The minimum absolute atomic E-state index is 0.214. The van der Waals surface area contributed by atoms with Crippen LogP contribution in [0.3, 0.4) is 0 Å². The quantitative estimate of drug-likeness (QED) is 0.297. The number of aromatic amines is 1. The second-order valence-corrected chi connectivity index (χ2v) is 6.09. The Morgan fingerprint density at radius 1 is 0.828 bits per heavy atom. The number of hydrogen-bond donors (Lipinski definition) is 1. The van der Waals surface area contributed by atoms with Crippen LogP contribution in [-0.4, -0.2) is 45.4 Å². The minimum atomic E-state index is -0.783. The molecule has 1 N–H and O–H groups in total. The van der Waals surface area contributed by atoms with Crippen LogP contribution < -0.4 is 9.47 Å². The molecular formula is C22H21NO6. The molecule has 0 atom stereocenters. The normalized spacial score (nSPS) is 10.3. The Labute approximate surface area is 167 Å². The second-order valence-electron chi connectivity index (χ2n) is 6.09. The van der Waals surface area contributed by atoms with Gasteiger partial charge in [-0.2, -0.15) is 0 Å². The third-order valence-electron chi connectivity index (χ3n) is 4.52. The van der Waals surface area contributed by atoms with Crippen LogP contribution in [0.5, 0.6) is 11.5 Å². The van der Waals surface area contributed by atoms with E-state index in [9.17, 15) is 9.59 Å². The van der Waals surface area contributed by atoms with Crippen LogP contribution in [0.2, 0.25) is 0 Å². The predicted molar refractivity (Wildman–Crippen MR) is 109 cm³/mol. The van der Waals surface area contributed by atoms with Gasteiger partial charge in [0.1, 0.15) is 17.1 Å². The molecule has 2 aromatic carbocycles. The number of benzene rings is 2. The first-order valence-corrected chi connectivity index (χ1v) is 8.74. The first kappa shape index (κ1) is 20.0. The predicted octanol–water partition coefficient (Wildman–Crippen LogP) is 3.58. The Hall–Kier alpha value is -3.74. The molecular weight excluding hydrogens is 374 g/mol. The van der Waals surface area contributed by atoms with Crippen molar-refractivity contribution in [1.82, 2.24) is 4.98 Å². The lowest BCUT2D eigenvalue weighted by atomic mass is 10.0. The average molecular weight is 395 g/mol. The van der Waals surface area contributed by atoms with Crippen molar-refractivity contribution >= 4 is 28.9 Å². The molecule has 7 nitrogen and oxygen atoms in total. The number of rotatable bonds is 6. The molecule has 0 fully saturated rings. The molecule has 3 rings (SSSR count). The molecule has 0 saturated carbocycles. The van der Waals surface area contributed by atoms with E-state index in [0.29, 0.717) is 17.1 Å². The Balaban J connectivity index is 2.29. The SMILES string of the molecule is COC(=O)C(=Cc1c(-c2ccc(OC)cc2)[nH]c2ccc(OC)cc12)C(=O)OC. The fraction of sp³-hybridized carbons (Fsp3) is 0.182. The molecule has 0 amide bonds. The Kier molecular flexibility index (Phi) is 5.87. The molecule has 0 radical (unpaired) electrons. The van der Waals surface area contributed by atoms with E-state index in [-0.39, 0.29) is 5.57 Å². The van der Waals surface area contributed by atoms with E-state index in [4.69, 9.17) is 18.9 Å². The summed E-state index contributed by atoms with van der Waals surface area (Å²) < 4.78 is 20.1. The highest BCUT2D eigenvalue weighted by atomic mass is 16.5. The monoisotopic (exact) mass is 395 g/mol. The Morgan fingerprint density at radius 3 is 1.97 bits per heavy atom. The summed E-state index contributed by atoms with van der Waals surface area (Å²) in [5.41, 5.74) is 2.81. The highest BCUT2D eigenvalue weighted by Crippen LogP contribution is 2.35. The summed E-state index contributed by atoms with van der Waals surface area (Å²) in [5.74, 6) is -0.205. The molecule has 1 aromatic heterocycles. The number of ether oxygens (including phenoxy) is 4. The number of carbonyl (C=O) groups is 2. The van der Waals surface area contributed by atoms with Gasteiger partial charge in [0, 0.05) is 16.5 Å². The van der Waals surface area contributed by atoms with Gasteiger partial charge in [0.05, 0.1) is 34.1 Å². The summed E-state index contributed by atoms with van der Waals surface area (Å²) in [6.45, 7) is 0. The van der Waals surface area contributed by atoms with Crippen molar-refractivity contribution in [2.75, 3.05) is 28.4 Å². The first-order valence-electron chi connectivity index (χ1n) is 8.74. The minimum Gasteiger partial charge on any atom is -0.497 e. The van der Waals surface area contributed by atoms with Gasteiger partial charge < -0.3 is 23.9 Å². The van der Waals surface area contributed by atoms with Crippen molar-refractivity contribution in [3.05, 3.63) is 53.6 Å². The van der Waals surface area contributed by atoms with Gasteiger partial charge in [0.2, 0.25) is 0 Å². The number of aromatic nitrogens is 1. The number of hydrogen-bond acceptors (Lipinski definition) is 6. The van der Waals surface area contributed by atoms with Crippen molar-refractivity contribution < 1.29 is 28.5 Å². The van der Waals surface area contributed by atoms with Crippen LogP contribution in [0.25, 0.3) is 28.2 Å². The number of methoxy groups -OCH3 is 4. The zero-order valence-corrected chi connectivity index (χ0v) is 16.6. The van der Waals surface area contributed by atoms with Crippen LogP contribution in [0.15, 0.2) is 48.0 Å². The van der Waals surface area contributed by atoms with Gasteiger partial charge in [0.15, 0.2) is 0 Å². The number of esters is 2. The summed E-state index contributed by atoms with van der Waals surface area (Å²) in [5, 5.41) is 0.778.